The van der Waals surface area contributed by atoms with E-state index >= 15 is 0 Å². The molecular weight excluding hydrogens is 644 g/mol. The van der Waals surface area contributed by atoms with Crippen LogP contribution in [-0.4, -0.2) is 143 Å². The fourth-order valence-corrected chi connectivity index (χ4v) is 6.93. The highest BCUT2D eigenvalue weighted by Gasteiger charge is 2.51. The summed E-state index contributed by atoms with van der Waals surface area (Å²) in [7, 11) is 0. The van der Waals surface area contributed by atoms with Gasteiger partial charge in [0.05, 0.1) is 59.0 Å². The second kappa shape index (κ2) is 19.3. The maximum atomic E-state index is 12.9. The van der Waals surface area contributed by atoms with E-state index in [1.165, 1.54) is 0 Å². The lowest BCUT2D eigenvalue weighted by molar-refractivity contribution is -0.160. The Balaban J connectivity index is 0.967. The minimum absolute atomic E-state index is 0.0451. The molecule has 1 spiro atoms. The van der Waals surface area contributed by atoms with Crippen LogP contribution in [0, 0.1) is 20.8 Å². The third-order valence-corrected chi connectivity index (χ3v) is 9.36. The Morgan fingerprint density at radius 2 is 1.32 bits per heavy atom. The van der Waals surface area contributed by atoms with Crippen molar-refractivity contribution in [1.29, 1.82) is 0 Å². The third kappa shape index (κ3) is 12.3. The molecular formula is C38H60N2O10. The van der Waals surface area contributed by atoms with Gasteiger partial charge in [-0.3, -0.25) is 9.80 Å². The molecule has 1 aromatic carbocycles. The molecule has 1 saturated heterocycles. The van der Waals surface area contributed by atoms with Crippen molar-refractivity contribution in [2.45, 2.75) is 84.5 Å². The smallest absolute Gasteiger partial charge is 0.343 e. The molecule has 0 bridgehead atoms. The van der Waals surface area contributed by atoms with Crippen LogP contribution in [0.5, 0.6) is 0 Å². The Morgan fingerprint density at radius 3 is 1.86 bits per heavy atom. The number of ether oxygens (including phenoxy) is 7. The number of rotatable bonds is 19. The van der Waals surface area contributed by atoms with E-state index in [1.807, 2.05) is 53.7 Å². The first kappa shape index (κ1) is 40.2. The zero-order chi connectivity index (χ0) is 36.1. The zero-order valence-corrected chi connectivity index (χ0v) is 31.2. The van der Waals surface area contributed by atoms with Crippen LogP contribution < -0.4 is 0 Å². The first-order valence-electron chi connectivity index (χ1n) is 18.2. The number of nitrogens with zero attached hydrogens (tertiary/aromatic N) is 2. The number of carbonyl (C=O) groups is 2. The molecule has 1 aliphatic carbocycles. The van der Waals surface area contributed by atoms with E-state index < -0.39 is 17.2 Å². The quantitative estimate of drug-likeness (QED) is 0.164. The molecule has 3 aliphatic rings. The van der Waals surface area contributed by atoms with Crippen LogP contribution in [0.25, 0.3) is 5.57 Å². The average Bonchev–Trinajstić information content (AvgIpc) is 3.28. The van der Waals surface area contributed by atoms with Crippen molar-refractivity contribution in [3.05, 3.63) is 40.1 Å². The molecule has 2 fully saturated rings. The summed E-state index contributed by atoms with van der Waals surface area (Å²) in [5, 5.41) is 11.2. The second-order valence-corrected chi connectivity index (χ2v) is 14.6. The summed E-state index contributed by atoms with van der Waals surface area (Å²) >= 11 is 0. The number of aryl methyl sites for hydroxylation is 3. The summed E-state index contributed by atoms with van der Waals surface area (Å²) in [5.41, 5.74) is 2.70. The van der Waals surface area contributed by atoms with Gasteiger partial charge in [-0.15, -0.1) is 0 Å². The van der Waals surface area contributed by atoms with Crippen LogP contribution >= 0.6 is 0 Å². The van der Waals surface area contributed by atoms with Gasteiger partial charge in [-0.1, -0.05) is 17.7 Å². The molecule has 12 heteroatoms. The molecule has 1 saturated carbocycles. The first-order valence-corrected chi connectivity index (χ1v) is 18.2. The summed E-state index contributed by atoms with van der Waals surface area (Å²) in [5.74, 6) is -0.729. The van der Waals surface area contributed by atoms with Crippen LogP contribution in [0.3, 0.4) is 0 Å². The number of aliphatic hydroxyl groups is 1. The number of hydrogen-bond donors (Lipinski definition) is 1. The minimum atomic E-state index is -0.949. The Kier molecular flexibility index (Phi) is 15.5. The molecule has 0 atom stereocenters. The normalized spacial score (nSPS) is 22.0. The lowest BCUT2D eigenvalue weighted by Gasteiger charge is -2.35. The fraction of sp³-hybridized carbons (Fsp3) is 0.737. The summed E-state index contributed by atoms with van der Waals surface area (Å²) < 4.78 is 39.6. The zero-order valence-electron chi connectivity index (χ0n) is 31.2. The number of aliphatic hydroxyl groups excluding tert-OH is 1. The van der Waals surface area contributed by atoms with Crippen molar-refractivity contribution in [3.8, 4) is 0 Å². The molecule has 0 radical (unpaired) electrons. The van der Waals surface area contributed by atoms with E-state index in [9.17, 15) is 14.7 Å². The van der Waals surface area contributed by atoms with Gasteiger partial charge in [-0.05, 0) is 83.9 Å². The number of hydrogen-bond acceptors (Lipinski definition) is 12. The molecule has 4 rings (SSSR count). The molecule has 2 aliphatic heterocycles. The van der Waals surface area contributed by atoms with Crippen LogP contribution in [0.1, 0.15) is 68.7 Å². The largest absolute Gasteiger partial charge is 0.507 e. The van der Waals surface area contributed by atoms with Crippen molar-refractivity contribution < 1.29 is 47.9 Å². The van der Waals surface area contributed by atoms with E-state index in [4.69, 9.17) is 33.2 Å². The summed E-state index contributed by atoms with van der Waals surface area (Å²) in [6, 6.07) is 4.06. The maximum Gasteiger partial charge on any atom is 0.343 e. The van der Waals surface area contributed by atoms with Crippen molar-refractivity contribution in [2.24, 2.45) is 0 Å². The third-order valence-electron chi connectivity index (χ3n) is 9.36. The standard InChI is InChI=1S/C38H60N2O10/c1-28-25-29(2)33(30(3)26-28)34-35(42)38(50-36(34)43)9-7-31(8-10-38)48-24-23-46-20-19-44-17-15-39-11-13-40(14-12-39)16-18-45-21-22-47-27-32(41)49-37(4,5)6/h25-26,31,42H,7-24,27H2,1-6H3. The Labute approximate surface area is 298 Å². The number of esters is 2. The predicted molar refractivity (Wildman–Crippen MR) is 189 cm³/mol. The fourth-order valence-electron chi connectivity index (χ4n) is 6.93. The van der Waals surface area contributed by atoms with Gasteiger partial charge in [0.15, 0.2) is 11.4 Å². The molecule has 0 aromatic heterocycles. The van der Waals surface area contributed by atoms with Gasteiger partial charge < -0.3 is 38.3 Å². The molecule has 50 heavy (non-hydrogen) atoms. The van der Waals surface area contributed by atoms with Crippen LogP contribution in [0.15, 0.2) is 17.9 Å². The van der Waals surface area contributed by atoms with Gasteiger partial charge in [0, 0.05) is 39.3 Å². The molecule has 0 unspecified atom stereocenters. The molecule has 282 valence electrons. The van der Waals surface area contributed by atoms with E-state index in [0.29, 0.717) is 84.1 Å². The van der Waals surface area contributed by atoms with Crippen molar-refractivity contribution in [1.82, 2.24) is 9.80 Å². The molecule has 0 amide bonds. The number of benzene rings is 1. The first-order chi connectivity index (χ1) is 23.9. The van der Waals surface area contributed by atoms with Gasteiger partial charge in [0.25, 0.3) is 0 Å². The highest BCUT2D eigenvalue weighted by Crippen LogP contribution is 2.46. The van der Waals surface area contributed by atoms with Crippen LogP contribution in [0.4, 0.5) is 0 Å². The Hall–Kier alpha value is -2.58. The van der Waals surface area contributed by atoms with Gasteiger partial charge >= 0.3 is 11.9 Å². The molecule has 1 N–H and O–H groups in total. The number of piperazine rings is 1. The van der Waals surface area contributed by atoms with E-state index in [2.05, 4.69) is 9.80 Å². The monoisotopic (exact) mass is 704 g/mol. The Morgan fingerprint density at radius 1 is 0.820 bits per heavy atom. The van der Waals surface area contributed by atoms with E-state index in [1.54, 1.807) is 0 Å². The summed E-state index contributed by atoms with van der Waals surface area (Å²) in [4.78, 5) is 29.4. The summed E-state index contributed by atoms with van der Waals surface area (Å²) in [6.45, 7) is 21.4. The molecule has 1 aromatic rings. The van der Waals surface area contributed by atoms with Crippen LogP contribution in [0.2, 0.25) is 0 Å². The van der Waals surface area contributed by atoms with Crippen molar-refractivity contribution in [2.75, 3.05) is 98.7 Å². The van der Waals surface area contributed by atoms with Gasteiger partial charge in [-0.25, -0.2) is 9.59 Å². The maximum absolute atomic E-state index is 12.9. The van der Waals surface area contributed by atoms with Gasteiger partial charge in [0.1, 0.15) is 17.8 Å². The Bertz CT molecular complexity index is 1250. The SMILES string of the molecule is Cc1cc(C)c(C2=C(O)C3(CCC(OCCOCCOCCN4CCN(CCOCCOCC(=O)OC(C)(C)C)CC4)CC3)OC2=O)c(C)c1. The van der Waals surface area contributed by atoms with Crippen LogP contribution in [-0.2, 0) is 42.7 Å². The van der Waals surface area contributed by atoms with Gasteiger partial charge in [0.2, 0.25) is 0 Å². The van der Waals surface area contributed by atoms with E-state index in [-0.39, 0.29) is 24.4 Å². The predicted octanol–water partition coefficient (Wildman–Crippen LogP) is 4.16. The highest BCUT2D eigenvalue weighted by molar-refractivity contribution is 6.20. The van der Waals surface area contributed by atoms with Crippen molar-refractivity contribution in [3.63, 3.8) is 0 Å². The number of carbonyl (C=O) groups excluding carboxylic acids is 2. The van der Waals surface area contributed by atoms with E-state index in [0.717, 1.165) is 61.5 Å². The van der Waals surface area contributed by atoms with Gasteiger partial charge in [-0.2, -0.15) is 0 Å². The summed E-state index contributed by atoms with van der Waals surface area (Å²) in [6.07, 6.45) is 2.53. The second-order valence-electron chi connectivity index (χ2n) is 14.6. The highest BCUT2D eigenvalue weighted by atomic mass is 16.6. The lowest BCUT2D eigenvalue weighted by Crippen LogP contribution is -2.48. The average molecular weight is 705 g/mol. The molecule has 2 heterocycles. The lowest BCUT2D eigenvalue weighted by atomic mass is 9.80. The topological polar surface area (TPSA) is 125 Å². The minimum Gasteiger partial charge on any atom is -0.507 e. The van der Waals surface area contributed by atoms with Crippen molar-refractivity contribution >= 4 is 17.5 Å². The molecule has 12 nitrogen and oxygen atoms in total.